The Bertz CT molecular complexity index is 531. The summed E-state index contributed by atoms with van der Waals surface area (Å²) in [5.74, 6) is 0.329. The van der Waals surface area contributed by atoms with Gasteiger partial charge in [0.25, 0.3) is 0 Å². The Morgan fingerprint density at radius 1 is 1.15 bits per heavy atom. The van der Waals surface area contributed by atoms with Crippen molar-refractivity contribution in [1.82, 2.24) is 4.72 Å². The van der Waals surface area contributed by atoms with Crippen molar-refractivity contribution in [2.75, 3.05) is 6.61 Å². The van der Waals surface area contributed by atoms with Gasteiger partial charge in [0, 0.05) is 18.1 Å². The van der Waals surface area contributed by atoms with Crippen molar-refractivity contribution in [2.45, 2.75) is 31.7 Å². The second-order valence-corrected chi connectivity index (χ2v) is 6.87. The molecule has 1 saturated carbocycles. The highest BCUT2D eigenvalue weighted by Crippen LogP contribution is 2.24. The number of nitrogens with one attached hydrogen (secondary N) is 1. The number of rotatable bonds is 5. The first kappa shape index (κ1) is 15.2. The van der Waals surface area contributed by atoms with Crippen molar-refractivity contribution in [3.63, 3.8) is 0 Å². The number of aliphatic hydroxyl groups is 1. The monoisotopic (exact) mass is 295 g/mol. The molecular formula is C15H21NO3S. The molecule has 2 N–H and O–H groups in total. The molecule has 1 aliphatic carbocycles. The first-order valence-electron chi connectivity index (χ1n) is 6.95. The molecule has 0 heterocycles. The number of benzene rings is 1. The molecule has 1 aliphatic rings. The summed E-state index contributed by atoms with van der Waals surface area (Å²) in [6.45, 7) is 0.202. The molecule has 0 saturated heterocycles. The summed E-state index contributed by atoms with van der Waals surface area (Å²) in [5, 5.41) is 10.3. The van der Waals surface area contributed by atoms with E-state index in [-0.39, 0.29) is 12.6 Å². The van der Waals surface area contributed by atoms with Gasteiger partial charge in [-0.2, -0.15) is 0 Å². The standard InChI is InChI=1S/C15H21NO3S/c17-12-14-6-8-15(9-7-14)16-20(18,19)11-10-13-4-2-1-3-5-13/h1-5,10-11,14-17H,6-9,12H2/b11-10+. The first-order chi connectivity index (χ1) is 9.59. The summed E-state index contributed by atoms with van der Waals surface area (Å²) in [4.78, 5) is 0. The number of hydrogen-bond donors (Lipinski definition) is 2. The van der Waals surface area contributed by atoms with Crippen LogP contribution in [-0.4, -0.2) is 26.2 Å². The van der Waals surface area contributed by atoms with Crippen LogP contribution in [0, 0.1) is 5.92 Å². The maximum atomic E-state index is 12.0. The second kappa shape index (κ2) is 7.02. The zero-order valence-electron chi connectivity index (χ0n) is 11.4. The highest BCUT2D eigenvalue weighted by molar-refractivity contribution is 7.92. The van der Waals surface area contributed by atoms with Gasteiger partial charge in [-0.05, 0) is 43.2 Å². The van der Waals surface area contributed by atoms with E-state index in [1.807, 2.05) is 30.3 Å². The zero-order chi connectivity index (χ0) is 14.4. The molecule has 0 aliphatic heterocycles. The van der Waals surface area contributed by atoms with Crippen LogP contribution in [0.25, 0.3) is 6.08 Å². The van der Waals surface area contributed by atoms with Crippen LogP contribution in [-0.2, 0) is 10.0 Å². The molecule has 0 amide bonds. The lowest BCUT2D eigenvalue weighted by molar-refractivity contribution is 0.180. The van der Waals surface area contributed by atoms with E-state index in [1.165, 1.54) is 5.41 Å². The van der Waals surface area contributed by atoms with Crippen LogP contribution in [0.4, 0.5) is 0 Å². The molecule has 2 rings (SSSR count). The molecule has 20 heavy (non-hydrogen) atoms. The van der Waals surface area contributed by atoms with E-state index < -0.39 is 10.0 Å². The maximum Gasteiger partial charge on any atom is 0.233 e. The molecular weight excluding hydrogens is 274 g/mol. The predicted molar refractivity (Wildman–Crippen MR) is 80.4 cm³/mol. The van der Waals surface area contributed by atoms with Crippen molar-refractivity contribution in [3.05, 3.63) is 41.3 Å². The third-order valence-corrected chi connectivity index (χ3v) is 4.83. The molecule has 1 aromatic rings. The van der Waals surface area contributed by atoms with Crippen LogP contribution in [0.1, 0.15) is 31.2 Å². The number of sulfonamides is 1. The fourth-order valence-corrected chi connectivity index (χ4v) is 3.58. The van der Waals surface area contributed by atoms with Gasteiger partial charge in [0.05, 0.1) is 0 Å². The molecule has 0 unspecified atom stereocenters. The molecule has 0 spiro atoms. The Morgan fingerprint density at radius 3 is 2.40 bits per heavy atom. The summed E-state index contributed by atoms with van der Waals surface area (Å²) in [6, 6.07) is 9.34. The molecule has 0 aromatic heterocycles. The van der Waals surface area contributed by atoms with E-state index in [9.17, 15) is 8.42 Å². The number of aliphatic hydroxyl groups excluding tert-OH is 1. The Balaban J connectivity index is 1.90. The first-order valence-corrected chi connectivity index (χ1v) is 8.50. The lowest BCUT2D eigenvalue weighted by atomic mass is 9.87. The maximum absolute atomic E-state index is 12.0. The van der Waals surface area contributed by atoms with Gasteiger partial charge in [-0.1, -0.05) is 30.3 Å². The summed E-state index contributed by atoms with van der Waals surface area (Å²) < 4.78 is 26.7. The highest BCUT2D eigenvalue weighted by Gasteiger charge is 2.23. The van der Waals surface area contributed by atoms with Crippen LogP contribution in [0.15, 0.2) is 35.7 Å². The third kappa shape index (κ3) is 4.74. The Labute approximate surface area is 120 Å². The van der Waals surface area contributed by atoms with Gasteiger partial charge in [-0.15, -0.1) is 0 Å². The second-order valence-electron chi connectivity index (χ2n) is 5.28. The van der Waals surface area contributed by atoms with Gasteiger partial charge in [0.1, 0.15) is 0 Å². The van der Waals surface area contributed by atoms with Crippen LogP contribution in [0.5, 0.6) is 0 Å². The molecule has 1 aromatic carbocycles. The van der Waals surface area contributed by atoms with Gasteiger partial charge in [-0.3, -0.25) is 0 Å². The lowest BCUT2D eigenvalue weighted by Crippen LogP contribution is -2.37. The van der Waals surface area contributed by atoms with Gasteiger partial charge in [0.15, 0.2) is 0 Å². The fourth-order valence-electron chi connectivity index (χ4n) is 2.47. The van der Waals surface area contributed by atoms with Crippen LogP contribution < -0.4 is 4.72 Å². The van der Waals surface area contributed by atoms with Gasteiger partial charge >= 0.3 is 0 Å². The van der Waals surface area contributed by atoms with Crippen molar-refractivity contribution in [2.24, 2.45) is 5.92 Å². The molecule has 0 atom stereocenters. The fraction of sp³-hybridized carbons (Fsp3) is 0.467. The van der Waals surface area contributed by atoms with E-state index in [4.69, 9.17) is 5.11 Å². The minimum absolute atomic E-state index is 0.0109. The van der Waals surface area contributed by atoms with E-state index in [1.54, 1.807) is 6.08 Å². The van der Waals surface area contributed by atoms with Crippen LogP contribution in [0.2, 0.25) is 0 Å². The topological polar surface area (TPSA) is 66.4 Å². The third-order valence-electron chi connectivity index (χ3n) is 3.68. The van der Waals surface area contributed by atoms with Crippen molar-refractivity contribution in [1.29, 1.82) is 0 Å². The normalized spacial score (nSPS) is 24.1. The Hall–Kier alpha value is -1.17. The Morgan fingerprint density at radius 2 is 1.80 bits per heavy atom. The summed E-state index contributed by atoms with van der Waals surface area (Å²) >= 11 is 0. The zero-order valence-corrected chi connectivity index (χ0v) is 12.2. The van der Waals surface area contributed by atoms with Gasteiger partial charge in [-0.25, -0.2) is 13.1 Å². The quantitative estimate of drug-likeness (QED) is 0.874. The summed E-state index contributed by atoms with van der Waals surface area (Å²) in [5.41, 5.74) is 0.863. The molecule has 5 heteroatoms. The highest BCUT2D eigenvalue weighted by atomic mass is 32.2. The SMILES string of the molecule is O=S(=O)(/C=C/c1ccccc1)NC1CCC(CO)CC1. The van der Waals surface area contributed by atoms with E-state index in [0.717, 1.165) is 31.2 Å². The van der Waals surface area contributed by atoms with Crippen molar-refractivity contribution < 1.29 is 13.5 Å². The minimum Gasteiger partial charge on any atom is -0.396 e. The largest absolute Gasteiger partial charge is 0.396 e. The van der Waals surface area contributed by atoms with Crippen molar-refractivity contribution >= 4 is 16.1 Å². The van der Waals surface area contributed by atoms with Gasteiger partial charge in [0.2, 0.25) is 10.0 Å². The van der Waals surface area contributed by atoms with Crippen LogP contribution in [0.3, 0.4) is 0 Å². The van der Waals surface area contributed by atoms with E-state index in [0.29, 0.717) is 5.92 Å². The van der Waals surface area contributed by atoms with Gasteiger partial charge < -0.3 is 5.11 Å². The average molecular weight is 295 g/mol. The Kier molecular flexibility index (Phi) is 5.34. The average Bonchev–Trinajstić information content (AvgIpc) is 2.47. The molecule has 110 valence electrons. The smallest absolute Gasteiger partial charge is 0.233 e. The number of hydrogen-bond acceptors (Lipinski definition) is 3. The summed E-state index contributed by atoms with van der Waals surface area (Å²) in [7, 11) is -3.40. The predicted octanol–water partition coefficient (Wildman–Crippen LogP) is 2.13. The summed E-state index contributed by atoms with van der Waals surface area (Å²) in [6.07, 6.45) is 4.95. The lowest BCUT2D eigenvalue weighted by Gasteiger charge is -2.27. The van der Waals surface area contributed by atoms with E-state index in [2.05, 4.69) is 4.72 Å². The van der Waals surface area contributed by atoms with E-state index >= 15 is 0 Å². The van der Waals surface area contributed by atoms with Crippen molar-refractivity contribution in [3.8, 4) is 0 Å². The molecule has 1 fully saturated rings. The molecule has 0 radical (unpaired) electrons. The molecule has 0 bridgehead atoms. The molecule has 4 nitrogen and oxygen atoms in total. The minimum atomic E-state index is -3.40. The van der Waals surface area contributed by atoms with Crippen LogP contribution >= 0.6 is 0 Å².